The molecule has 2 unspecified atom stereocenters. The van der Waals surface area contributed by atoms with Crippen LogP contribution in [0, 0.1) is 5.92 Å². The van der Waals surface area contributed by atoms with E-state index in [1.807, 2.05) is 24.3 Å². The minimum Gasteiger partial charge on any atom is -0.497 e. The molecule has 18 heavy (non-hydrogen) atoms. The van der Waals surface area contributed by atoms with Crippen molar-refractivity contribution in [1.29, 1.82) is 0 Å². The molecule has 100 valence electrons. The van der Waals surface area contributed by atoms with Crippen LogP contribution in [0.1, 0.15) is 31.4 Å². The van der Waals surface area contributed by atoms with Gasteiger partial charge in [-0.25, -0.2) is 0 Å². The van der Waals surface area contributed by atoms with Gasteiger partial charge in [0.15, 0.2) is 0 Å². The smallest absolute Gasteiger partial charge is 0.119 e. The maximum atomic E-state index is 10.3. The molecule has 2 atom stereocenters. The van der Waals surface area contributed by atoms with Crippen LogP contribution in [-0.2, 0) is 0 Å². The van der Waals surface area contributed by atoms with Crippen LogP contribution in [0.15, 0.2) is 24.3 Å². The van der Waals surface area contributed by atoms with Gasteiger partial charge in [0.2, 0.25) is 0 Å². The fourth-order valence-electron chi connectivity index (χ4n) is 2.65. The van der Waals surface area contributed by atoms with Gasteiger partial charge in [0.1, 0.15) is 5.75 Å². The SMILES string of the molecule is COc1cccc(C(O)CN2CCCC(C)C2)c1. The molecule has 3 nitrogen and oxygen atoms in total. The van der Waals surface area contributed by atoms with Crippen molar-refractivity contribution in [3.8, 4) is 5.75 Å². The number of likely N-dealkylation sites (tertiary alicyclic amines) is 1. The molecule has 0 saturated carbocycles. The van der Waals surface area contributed by atoms with Gasteiger partial charge in [-0.1, -0.05) is 19.1 Å². The van der Waals surface area contributed by atoms with Crippen molar-refractivity contribution in [1.82, 2.24) is 4.90 Å². The lowest BCUT2D eigenvalue weighted by Gasteiger charge is -2.32. The molecule has 1 fully saturated rings. The Balaban J connectivity index is 1.95. The van der Waals surface area contributed by atoms with Crippen molar-refractivity contribution < 1.29 is 9.84 Å². The van der Waals surface area contributed by atoms with Crippen molar-refractivity contribution >= 4 is 0 Å². The lowest BCUT2D eigenvalue weighted by Crippen LogP contribution is -2.37. The van der Waals surface area contributed by atoms with Crippen LogP contribution >= 0.6 is 0 Å². The maximum absolute atomic E-state index is 10.3. The number of aliphatic hydroxyl groups excluding tert-OH is 1. The van der Waals surface area contributed by atoms with Gasteiger partial charge in [0.05, 0.1) is 13.2 Å². The van der Waals surface area contributed by atoms with E-state index in [0.717, 1.165) is 36.9 Å². The second kappa shape index (κ2) is 6.21. The molecule has 0 bridgehead atoms. The molecule has 0 aromatic heterocycles. The summed E-state index contributed by atoms with van der Waals surface area (Å²) in [7, 11) is 1.65. The summed E-state index contributed by atoms with van der Waals surface area (Å²) < 4.78 is 5.19. The molecular weight excluding hydrogens is 226 g/mol. The highest BCUT2D eigenvalue weighted by Gasteiger charge is 2.19. The van der Waals surface area contributed by atoms with E-state index in [1.54, 1.807) is 7.11 Å². The quantitative estimate of drug-likeness (QED) is 0.889. The zero-order valence-corrected chi connectivity index (χ0v) is 11.3. The summed E-state index contributed by atoms with van der Waals surface area (Å²) in [4.78, 5) is 2.36. The van der Waals surface area contributed by atoms with Crippen LogP contribution in [0.5, 0.6) is 5.75 Å². The Hall–Kier alpha value is -1.06. The first-order chi connectivity index (χ1) is 8.69. The molecule has 1 aliphatic heterocycles. The fourth-order valence-corrected chi connectivity index (χ4v) is 2.65. The number of hydrogen-bond donors (Lipinski definition) is 1. The Bertz CT molecular complexity index is 381. The summed E-state index contributed by atoms with van der Waals surface area (Å²) in [6.07, 6.45) is 2.13. The second-order valence-corrected chi connectivity index (χ2v) is 5.30. The van der Waals surface area contributed by atoms with Crippen LogP contribution in [0.25, 0.3) is 0 Å². The van der Waals surface area contributed by atoms with E-state index >= 15 is 0 Å². The third kappa shape index (κ3) is 3.47. The topological polar surface area (TPSA) is 32.7 Å². The second-order valence-electron chi connectivity index (χ2n) is 5.30. The summed E-state index contributed by atoms with van der Waals surface area (Å²) >= 11 is 0. The van der Waals surface area contributed by atoms with E-state index in [-0.39, 0.29) is 0 Å². The largest absolute Gasteiger partial charge is 0.497 e. The molecule has 1 heterocycles. The first-order valence-electron chi connectivity index (χ1n) is 6.73. The fraction of sp³-hybridized carbons (Fsp3) is 0.600. The molecule has 0 radical (unpaired) electrons. The zero-order chi connectivity index (χ0) is 13.0. The number of methoxy groups -OCH3 is 1. The van der Waals surface area contributed by atoms with Gasteiger partial charge in [0.25, 0.3) is 0 Å². The van der Waals surface area contributed by atoms with Crippen LogP contribution < -0.4 is 4.74 Å². The highest BCUT2D eigenvalue weighted by Crippen LogP contribution is 2.22. The van der Waals surface area contributed by atoms with E-state index < -0.39 is 6.10 Å². The Morgan fingerprint density at radius 1 is 1.50 bits per heavy atom. The minimum absolute atomic E-state index is 0.426. The highest BCUT2D eigenvalue weighted by atomic mass is 16.5. The average Bonchev–Trinajstić information content (AvgIpc) is 2.39. The van der Waals surface area contributed by atoms with E-state index in [2.05, 4.69) is 11.8 Å². The molecule has 1 aromatic carbocycles. The summed E-state index contributed by atoms with van der Waals surface area (Å²) in [5, 5.41) is 10.3. The van der Waals surface area contributed by atoms with Gasteiger partial charge in [-0.2, -0.15) is 0 Å². The van der Waals surface area contributed by atoms with Gasteiger partial charge in [-0.15, -0.1) is 0 Å². The number of aliphatic hydroxyl groups is 1. The number of hydrogen-bond acceptors (Lipinski definition) is 3. The molecule has 1 aromatic rings. The highest BCUT2D eigenvalue weighted by molar-refractivity contribution is 5.29. The molecule has 2 rings (SSSR count). The van der Waals surface area contributed by atoms with Crippen molar-refractivity contribution in [2.45, 2.75) is 25.9 Å². The molecule has 0 aliphatic carbocycles. The van der Waals surface area contributed by atoms with Crippen LogP contribution in [0.3, 0.4) is 0 Å². The van der Waals surface area contributed by atoms with Gasteiger partial charge in [0, 0.05) is 13.1 Å². The molecular formula is C15H23NO2. The summed E-state index contributed by atoms with van der Waals surface area (Å²) in [5.41, 5.74) is 0.938. The molecule has 3 heteroatoms. The molecule has 1 saturated heterocycles. The summed E-state index contributed by atoms with van der Waals surface area (Å²) in [5.74, 6) is 1.55. The predicted octanol–water partition coefficient (Wildman–Crippen LogP) is 2.46. The van der Waals surface area contributed by atoms with Crippen molar-refractivity contribution in [2.24, 2.45) is 5.92 Å². The normalized spacial score (nSPS) is 22.7. The monoisotopic (exact) mass is 249 g/mol. The van der Waals surface area contributed by atoms with E-state index in [0.29, 0.717) is 0 Å². The number of rotatable bonds is 4. The number of ether oxygens (including phenoxy) is 1. The molecule has 0 amide bonds. The van der Waals surface area contributed by atoms with Crippen LogP contribution in [0.2, 0.25) is 0 Å². The number of nitrogens with zero attached hydrogens (tertiary/aromatic N) is 1. The first kappa shape index (κ1) is 13.4. The Morgan fingerprint density at radius 2 is 2.33 bits per heavy atom. The Kier molecular flexibility index (Phi) is 4.61. The van der Waals surface area contributed by atoms with Crippen molar-refractivity contribution in [2.75, 3.05) is 26.7 Å². The standard InChI is InChI=1S/C15H23NO2/c1-12-5-4-8-16(10-12)11-15(17)13-6-3-7-14(9-13)18-2/h3,6-7,9,12,15,17H,4-5,8,10-11H2,1-2H3. The maximum Gasteiger partial charge on any atom is 0.119 e. The summed E-state index contributed by atoms with van der Waals surface area (Å²) in [6.45, 7) is 5.20. The molecule has 1 aliphatic rings. The van der Waals surface area contributed by atoms with Gasteiger partial charge in [-0.3, -0.25) is 0 Å². The van der Waals surface area contributed by atoms with Gasteiger partial charge >= 0.3 is 0 Å². The summed E-state index contributed by atoms with van der Waals surface area (Å²) in [6, 6.07) is 7.70. The third-order valence-electron chi connectivity index (χ3n) is 3.65. The number of benzene rings is 1. The minimum atomic E-state index is -0.426. The van der Waals surface area contributed by atoms with Crippen LogP contribution in [0.4, 0.5) is 0 Å². The predicted molar refractivity (Wildman–Crippen MR) is 72.8 cm³/mol. The van der Waals surface area contributed by atoms with Crippen molar-refractivity contribution in [3.63, 3.8) is 0 Å². The van der Waals surface area contributed by atoms with Gasteiger partial charge < -0.3 is 14.7 Å². The Labute approximate surface area is 109 Å². The average molecular weight is 249 g/mol. The molecule has 1 N–H and O–H groups in total. The first-order valence-corrected chi connectivity index (χ1v) is 6.73. The lowest BCUT2D eigenvalue weighted by molar-refractivity contribution is 0.0874. The third-order valence-corrected chi connectivity index (χ3v) is 3.65. The molecule has 0 spiro atoms. The lowest BCUT2D eigenvalue weighted by atomic mass is 9.99. The van der Waals surface area contributed by atoms with E-state index in [9.17, 15) is 5.11 Å². The Morgan fingerprint density at radius 3 is 3.06 bits per heavy atom. The number of piperidine rings is 1. The number of β-amino-alcohol motifs (C(OH)–C–C–N with tert-alkyl or cyclic N) is 1. The van der Waals surface area contributed by atoms with Crippen LogP contribution in [-0.4, -0.2) is 36.8 Å². The van der Waals surface area contributed by atoms with Gasteiger partial charge in [-0.05, 0) is 43.0 Å². The van der Waals surface area contributed by atoms with E-state index in [1.165, 1.54) is 12.8 Å². The zero-order valence-electron chi connectivity index (χ0n) is 11.3. The van der Waals surface area contributed by atoms with Crippen molar-refractivity contribution in [3.05, 3.63) is 29.8 Å². The van der Waals surface area contributed by atoms with E-state index in [4.69, 9.17) is 4.74 Å².